The van der Waals surface area contributed by atoms with E-state index < -0.39 is 42.6 Å². The van der Waals surface area contributed by atoms with Gasteiger partial charge in [-0.15, -0.1) is 0 Å². The van der Waals surface area contributed by atoms with Crippen LogP contribution in [0.1, 0.15) is 24.0 Å². The van der Waals surface area contributed by atoms with Crippen molar-refractivity contribution in [3.63, 3.8) is 0 Å². The molecule has 0 heterocycles. The molecule has 1 aromatic rings. The summed E-state index contributed by atoms with van der Waals surface area (Å²) in [6, 6.07) is 6.87. The van der Waals surface area contributed by atoms with E-state index in [9.17, 15) is 26.3 Å². The first-order valence-electron chi connectivity index (χ1n) is 6.07. The highest BCUT2D eigenvalue weighted by Gasteiger charge is 2.38. The quantitative estimate of drug-likeness (QED) is 0.760. The van der Waals surface area contributed by atoms with E-state index in [0.717, 1.165) is 18.2 Å². The molecule has 0 atom stereocenters. The zero-order valence-corrected chi connectivity index (χ0v) is 11.1. The predicted octanol–water partition coefficient (Wildman–Crippen LogP) is 4.62. The van der Waals surface area contributed by atoms with E-state index in [-0.39, 0.29) is 5.56 Å². The molecular formula is C14H10F6N2. The van der Waals surface area contributed by atoms with Crippen LogP contribution in [-0.2, 0) is 12.6 Å². The molecule has 0 saturated heterocycles. The molecule has 1 rings (SSSR count). The van der Waals surface area contributed by atoms with Gasteiger partial charge in [0, 0.05) is 12.8 Å². The van der Waals surface area contributed by atoms with Gasteiger partial charge in [-0.05, 0) is 18.1 Å². The van der Waals surface area contributed by atoms with Gasteiger partial charge < -0.3 is 0 Å². The van der Waals surface area contributed by atoms with E-state index in [4.69, 9.17) is 10.5 Å². The maximum atomic E-state index is 12.6. The Bertz CT molecular complexity index is 589. The molecule has 2 nitrogen and oxygen atoms in total. The molecule has 118 valence electrons. The highest BCUT2D eigenvalue weighted by molar-refractivity contribution is 5.30. The largest absolute Gasteiger partial charge is 0.416 e. The molecule has 0 unspecified atom stereocenters. The van der Waals surface area contributed by atoms with Crippen molar-refractivity contribution in [2.45, 2.75) is 31.6 Å². The molecule has 0 fully saturated rings. The van der Waals surface area contributed by atoms with Crippen LogP contribution in [0.5, 0.6) is 0 Å². The molecule has 0 saturated carbocycles. The first-order chi connectivity index (χ1) is 10.0. The number of rotatable bonds is 4. The molecule has 0 N–H and O–H groups in total. The Morgan fingerprint density at radius 3 is 1.95 bits per heavy atom. The van der Waals surface area contributed by atoms with E-state index in [0.29, 0.717) is 0 Å². The van der Waals surface area contributed by atoms with Gasteiger partial charge >= 0.3 is 12.4 Å². The Kier molecular flexibility index (Phi) is 5.08. The number of benzene rings is 1. The van der Waals surface area contributed by atoms with Crippen LogP contribution in [0, 0.1) is 28.1 Å². The number of alkyl halides is 6. The fourth-order valence-corrected chi connectivity index (χ4v) is 1.87. The fraction of sp³-hybridized carbons (Fsp3) is 0.429. The van der Waals surface area contributed by atoms with Crippen molar-refractivity contribution in [1.29, 1.82) is 10.5 Å². The Labute approximate surface area is 122 Å². The fourth-order valence-electron chi connectivity index (χ4n) is 1.87. The summed E-state index contributed by atoms with van der Waals surface area (Å²) in [4.78, 5) is 0. The molecule has 0 aliphatic heterocycles. The lowest BCUT2D eigenvalue weighted by atomic mass is 9.80. The lowest BCUT2D eigenvalue weighted by Gasteiger charge is -2.20. The van der Waals surface area contributed by atoms with Crippen LogP contribution < -0.4 is 0 Å². The van der Waals surface area contributed by atoms with Crippen LogP contribution in [0.25, 0.3) is 0 Å². The van der Waals surface area contributed by atoms with Gasteiger partial charge in [0.05, 0.1) is 17.7 Å². The van der Waals surface area contributed by atoms with Gasteiger partial charge in [0.2, 0.25) is 0 Å². The third-order valence-electron chi connectivity index (χ3n) is 3.02. The second kappa shape index (κ2) is 6.27. The lowest BCUT2D eigenvalue weighted by Crippen LogP contribution is -2.23. The summed E-state index contributed by atoms with van der Waals surface area (Å²) in [5.41, 5.74) is -3.01. The molecule has 0 spiro atoms. The van der Waals surface area contributed by atoms with E-state index in [1.807, 2.05) is 0 Å². The van der Waals surface area contributed by atoms with Crippen molar-refractivity contribution in [3.05, 3.63) is 35.4 Å². The minimum atomic E-state index is -4.61. The molecule has 0 aliphatic rings. The highest BCUT2D eigenvalue weighted by atomic mass is 19.4. The number of nitrogens with zero attached hydrogens (tertiary/aromatic N) is 2. The van der Waals surface area contributed by atoms with Gasteiger partial charge in [-0.3, -0.25) is 0 Å². The molecule has 0 radical (unpaired) electrons. The van der Waals surface area contributed by atoms with Gasteiger partial charge in [-0.2, -0.15) is 36.9 Å². The number of halogens is 6. The van der Waals surface area contributed by atoms with Crippen LogP contribution in [0.15, 0.2) is 24.3 Å². The summed E-state index contributed by atoms with van der Waals surface area (Å²) in [6.07, 6.45) is -11.8. The van der Waals surface area contributed by atoms with Crippen molar-refractivity contribution in [3.8, 4) is 12.1 Å². The van der Waals surface area contributed by atoms with Crippen LogP contribution in [-0.4, -0.2) is 6.18 Å². The predicted molar refractivity (Wildman–Crippen MR) is 64.1 cm³/mol. The van der Waals surface area contributed by atoms with Crippen LogP contribution in [0.3, 0.4) is 0 Å². The Morgan fingerprint density at radius 1 is 0.909 bits per heavy atom. The number of hydrogen-bond donors (Lipinski definition) is 0. The number of nitriles is 2. The van der Waals surface area contributed by atoms with Crippen molar-refractivity contribution < 1.29 is 26.3 Å². The maximum absolute atomic E-state index is 12.6. The van der Waals surface area contributed by atoms with Gasteiger partial charge in [0.15, 0.2) is 0 Å². The first-order valence-corrected chi connectivity index (χ1v) is 6.07. The second-order valence-corrected chi connectivity index (χ2v) is 4.80. The van der Waals surface area contributed by atoms with Gasteiger partial charge in [-0.25, -0.2) is 0 Å². The molecule has 8 heteroatoms. The molecule has 22 heavy (non-hydrogen) atoms. The molecule has 0 aliphatic carbocycles. The maximum Gasteiger partial charge on any atom is 0.416 e. The molecular weight excluding hydrogens is 310 g/mol. The van der Waals surface area contributed by atoms with E-state index >= 15 is 0 Å². The van der Waals surface area contributed by atoms with Crippen molar-refractivity contribution in [2.75, 3.05) is 0 Å². The summed E-state index contributed by atoms with van der Waals surface area (Å²) < 4.78 is 74.5. The highest BCUT2D eigenvalue weighted by Crippen LogP contribution is 2.35. The average molecular weight is 320 g/mol. The summed E-state index contributed by atoms with van der Waals surface area (Å²) in [6.45, 7) is 0. The zero-order valence-electron chi connectivity index (χ0n) is 11.1. The monoisotopic (exact) mass is 320 g/mol. The SMILES string of the molecule is N#CC(C#N)(CCC(F)(F)F)Cc1cccc(C(F)(F)F)c1. The number of hydrogen-bond acceptors (Lipinski definition) is 2. The molecule has 1 aromatic carbocycles. The molecule has 0 aromatic heterocycles. The zero-order chi connectivity index (χ0) is 17.0. The summed E-state index contributed by atoms with van der Waals surface area (Å²) in [7, 11) is 0. The molecule has 0 amide bonds. The van der Waals surface area contributed by atoms with Gasteiger partial charge in [0.1, 0.15) is 5.41 Å². The Balaban J connectivity index is 3.02. The third kappa shape index (κ3) is 4.96. The van der Waals surface area contributed by atoms with Crippen molar-refractivity contribution in [2.24, 2.45) is 5.41 Å². The lowest BCUT2D eigenvalue weighted by molar-refractivity contribution is -0.138. The first kappa shape index (κ1) is 17.8. The average Bonchev–Trinajstić information content (AvgIpc) is 2.42. The van der Waals surface area contributed by atoms with Crippen LogP contribution in [0.2, 0.25) is 0 Å². The summed E-state index contributed by atoms with van der Waals surface area (Å²) >= 11 is 0. The van der Waals surface area contributed by atoms with Gasteiger partial charge in [0.25, 0.3) is 0 Å². The summed E-state index contributed by atoms with van der Waals surface area (Å²) in [5, 5.41) is 18.0. The van der Waals surface area contributed by atoms with E-state index in [1.165, 1.54) is 18.2 Å². The smallest absolute Gasteiger partial charge is 0.197 e. The minimum absolute atomic E-state index is 0.0138. The second-order valence-electron chi connectivity index (χ2n) is 4.80. The van der Waals surface area contributed by atoms with Crippen molar-refractivity contribution >= 4 is 0 Å². The standard InChI is InChI=1S/C14H10F6N2/c15-13(16,17)5-4-12(8-21,9-22)7-10-2-1-3-11(6-10)14(18,19)20/h1-3,6H,4-5,7H2. The Hall–Kier alpha value is -2.22. The summed E-state index contributed by atoms with van der Waals surface area (Å²) in [5.74, 6) is 0. The van der Waals surface area contributed by atoms with E-state index in [1.54, 1.807) is 0 Å². The third-order valence-corrected chi connectivity index (χ3v) is 3.02. The van der Waals surface area contributed by atoms with Crippen molar-refractivity contribution in [1.82, 2.24) is 0 Å². The van der Waals surface area contributed by atoms with E-state index in [2.05, 4.69) is 0 Å². The van der Waals surface area contributed by atoms with Crippen LogP contribution >= 0.6 is 0 Å². The molecule has 0 bridgehead atoms. The Morgan fingerprint density at radius 2 is 1.50 bits per heavy atom. The minimum Gasteiger partial charge on any atom is -0.197 e. The van der Waals surface area contributed by atoms with Crippen LogP contribution in [0.4, 0.5) is 26.3 Å². The topological polar surface area (TPSA) is 47.6 Å². The van der Waals surface area contributed by atoms with Gasteiger partial charge in [-0.1, -0.05) is 18.2 Å². The normalized spacial score (nSPS) is 12.5.